The van der Waals surface area contributed by atoms with Gasteiger partial charge in [-0.05, 0) is 48.7 Å². The summed E-state index contributed by atoms with van der Waals surface area (Å²) in [6.07, 6.45) is 0.615. The van der Waals surface area contributed by atoms with Gasteiger partial charge in [0.2, 0.25) is 0 Å². The Hall–Kier alpha value is -3.26. The van der Waals surface area contributed by atoms with Gasteiger partial charge in [-0.1, -0.05) is 12.1 Å². The molecule has 0 saturated carbocycles. The first-order chi connectivity index (χ1) is 15.8. The normalized spacial score (nSPS) is 22.1. The first kappa shape index (κ1) is 21.6. The van der Waals surface area contributed by atoms with E-state index in [1.807, 2.05) is 0 Å². The molecule has 2 aromatic carbocycles. The van der Waals surface area contributed by atoms with E-state index in [0.29, 0.717) is 40.0 Å². The van der Waals surface area contributed by atoms with Crippen molar-refractivity contribution in [1.82, 2.24) is 14.8 Å². The topological polar surface area (TPSA) is 85.9 Å². The van der Waals surface area contributed by atoms with E-state index in [4.69, 9.17) is 16.3 Å². The number of alkyl halides is 1. The van der Waals surface area contributed by atoms with Gasteiger partial charge in [-0.25, -0.2) is 9.18 Å². The summed E-state index contributed by atoms with van der Waals surface area (Å²) in [6.45, 7) is 1.92. The fourth-order valence-electron chi connectivity index (χ4n) is 5.16. The van der Waals surface area contributed by atoms with E-state index in [9.17, 15) is 14.7 Å². The Morgan fingerprint density at radius 2 is 2.09 bits per heavy atom. The Morgan fingerprint density at radius 3 is 2.79 bits per heavy atom. The number of aromatic hydroxyl groups is 1. The minimum Gasteiger partial charge on any atom is -0.508 e. The first-order valence-corrected chi connectivity index (χ1v) is 11.2. The number of hydrogen-bond acceptors (Lipinski definition) is 4. The molecule has 0 bridgehead atoms. The van der Waals surface area contributed by atoms with Gasteiger partial charge < -0.3 is 14.8 Å². The maximum absolute atomic E-state index is 15.4. The Balaban J connectivity index is 1.77. The van der Waals surface area contributed by atoms with Crippen LogP contribution in [0.1, 0.15) is 36.2 Å². The lowest BCUT2D eigenvalue weighted by Crippen LogP contribution is -2.53. The van der Waals surface area contributed by atoms with Crippen LogP contribution in [0, 0.1) is 5.82 Å². The highest BCUT2D eigenvalue weighted by Gasteiger charge is 2.60. The molecule has 3 aromatic rings. The number of phenols is 1. The van der Waals surface area contributed by atoms with Gasteiger partial charge in [0.1, 0.15) is 17.3 Å². The molecule has 1 aromatic heterocycles. The number of carbonyl (C=O) groups excluding carboxylic acids is 2. The molecule has 0 aliphatic carbocycles. The summed E-state index contributed by atoms with van der Waals surface area (Å²) in [5, 5.41) is 10.5. The van der Waals surface area contributed by atoms with Gasteiger partial charge in [-0.15, -0.1) is 11.6 Å². The maximum Gasteiger partial charge on any atom is 0.328 e. The van der Waals surface area contributed by atoms with E-state index in [2.05, 4.69) is 4.98 Å². The number of fused-ring (bicyclic) bond motifs is 4. The number of urea groups is 1. The summed E-state index contributed by atoms with van der Waals surface area (Å²) in [5.74, 6) is -0.412. The third kappa shape index (κ3) is 3.00. The number of ether oxygens (including phenoxy) is 1. The van der Waals surface area contributed by atoms with Crippen molar-refractivity contribution in [3.8, 4) is 11.5 Å². The Morgan fingerprint density at radius 1 is 1.30 bits per heavy atom. The van der Waals surface area contributed by atoms with Crippen molar-refractivity contribution in [2.45, 2.75) is 31.3 Å². The summed E-state index contributed by atoms with van der Waals surface area (Å²) < 4.78 is 20.6. The number of nitrogens with one attached hydrogen (secondary N) is 1. The molecule has 7 nitrogen and oxygen atoms in total. The summed E-state index contributed by atoms with van der Waals surface area (Å²) in [4.78, 5) is 33.1. The van der Waals surface area contributed by atoms with Crippen molar-refractivity contribution in [2.75, 3.05) is 19.5 Å². The van der Waals surface area contributed by atoms with Crippen molar-refractivity contribution in [3.63, 3.8) is 0 Å². The molecular formula is C24H23ClFN3O4. The number of aromatic nitrogens is 1. The average molecular weight is 472 g/mol. The summed E-state index contributed by atoms with van der Waals surface area (Å²) in [6, 6.07) is 8.66. The van der Waals surface area contributed by atoms with E-state index >= 15 is 4.39 Å². The molecule has 2 atom stereocenters. The third-order valence-corrected chi connectivity index (χ3v) is 6.92. The highest BCUT2D eigenvalue weighted by atomic mass is 35.5. The van der Waals surface area contributed by atoms with Gasteiger partial charge in [-0.3, -0.25) is 14.6 Å². The van der Waals surface area contributed by atoms with Crippen LogP contribution < -0.4 is 4.74 Å². The molecule has 1 saturated heterocycles. The van der Waals surface area contributed by atoms with E-state index < -0.39 is 23.4 Å². The van der Waals surface area contributed by atoms with Crippen LogP contribution in [0.2, 0.25) is 0 Å². The number of nitrogens with zero attached hydrogens (tertiary/aromatic N) is 2. The molecule has 9 heteroatoms. The standard InChI is InChI=1S/C24H23ClFN3O4/c1-24-12-15-18-16(7-8-17(33-2)19(18)26)27-20(15)21(13-5-3-6-14(30)11-13)29(24)23(32)28(22(24)31)10-4-9-25/h3,5-8,11,21,27,30H,4,9-10,12H2,1-2H3. The lowest BCUT2D eigenvalue weighted by atomic mass is 9.81. The number of amides is 3. The van der Waals surface area contributed by atoms with Gasteiger partial charge >= 0.3 is 6.03 Å². The fourth-order valence-corrected chi connectivity index (χ4v) is 5.28. The zero-order valence-corrected chi connectivity index (χ0v) is 18.9. The first-order valence-electron chi connectivity index (χ1n) is 10.7. The van der Waals surface area contributed by atoms with Crippen molar-refractivity contribution in [1.29, 1.82) is 0 Å². The van der Waals surface area contributed by atoms with Gasteiger partial charge in [0.25, 0.3) is 5.91 Å². The minimum absolute atomic E-state index is 0.0299. The molecule has 1 fully saturated rings. The SMILES string of the molecule is COc1ccc2[nH]c3c(c2c1F)CC1(C)C(=O)N(CCCCl)C(=O)N1C3c1cccc(O)c1. The number of hydrogen-bond donors (Lipinski definition) is 2. The predicted octanol–water partition coefficient (Wildman–Crippen LogP) is 4.32. The van der Waals surface area contributed by atoms with Gasteiger partial charge in [0, 0.05) is 35.4 Å². The van der Waals surface area contributed by atoms with Crippen molar-refractivity contribution < 1.29 is 23.8 Å². The van der Waals surface area contributed by atoms with Crippen LogP contribution in [0.25, 0.3) is 10.9 Å². The van der Waals surface area contributed by atoms with Gasteiger partial charge in [-0.2, -0.15) is 0 Å². The van der Waals surface area contributed by atoms with Crippen LogP contribution >= 0.6 is 11.6 Å². The number of imide groups is 1. The summed E-state index contributed by atoms with van der Waals surface area (Å²) >= 11 is 5.82. The van der Waals surface area contributed by atoms with E-state index in [-0.39, 0.29) is 30.4 Å². The van der Waals surface area contributed by atoms with Gasteiger partial charge in [0.05, 0.1) is 7.11 Å². The monoisotopic (exact) mass is 471 g/mol. The Kier molecular flexibility index (Phi) is 5.01. The zero-order chi connectivity index (χ0) is 23.5. The van der Waals surface area contributed by atoms with E-state index in [1.54, 1.807) is 36.1 Å². The number of rotatable bonds is 5. The fraction of sp³-hybridized carbons (Fsp3) is 0.333. The van der Waals surface area contributed by atoms with Crippen LogP contribution in [0.3, 0.4) is 0 Å². The molecule has 3 heterocycles. The smallest absolute Gasteiger partial charge is 0.328 e. The number of benzene rings is 2. The van der Waals surface area contributed by atoms with Crippen LogP contribution in [0.15, 0.2) is 36.4 Å². The van der Waals surface area contributed by atoms with Crippen LogP contribution in [0.5, 0.6) is 11.5 Å². The molecule has 2 unspecified atom stereocenters. The minimum atomic E-state index is -1.23. The van der Waals surface area contributed by atoms with Crippen LogP contribution in [-0.2, 0) is 11.2 Å². The number of phenolic OH excluding ortho intramolecular Hbond substituents is 1. The van der Waals surface area contributed by atoms with Gasteiger partial charge in [0.15, 0.2) is 11.6 Å². The molecular weight excluding hydrogens is 449 g/mol. The third-order valence-electron chi connectivity index (χ3n) is 6.65. The Labute approximate surface area is 194 Å². The largest absolute Gasteiger partial charge is 0.508 e. The van der Waals surface area contributed by atoms with E-state index in [1.165, 1.54) is 24.1 Å². The average Bonchev–Trinajstić information content (AvgIpc) is 3.24. The second kappa shape index (κ2) is 7.66. The predicted molar refractivity (Wildman–Crippen MR) is 121 cm³/mol. The zero-order valence-electron chi connectivity index (χ0n) is 18.2. The molecule has 0 spiro atoms. The molecule has 172 valence electrons. The number of aromatic amines is 1. The molecule has 33 heavy (non-hydrogen) atoms. The Bertz CT molecular complexity index is 1290. The molecule has 2 aliphatic rings. The highest BCUT2D eigenvalue weighted by Crippen LogP contribution is 2.49. The highest BCUT2D eigenvalue weighted by molar-refractivity contribution is 6.18. The number of methoxy groups -OCH3 is 1. The molecule has 2 aliphatic heterocycles. The van der Waals surface area contributed by atoms with Crippen molar-refractivity contribution in [3.05, 3.63) is 59.0 Å². The lowest BCUT2D eigenvalue weighted by molar-refractivity contribution is -0.133. The van der Waals surface area contributed by atoms with Crippen LogP contribution in [0.4, 0.5) is 9.18 Å². The number of carbonyl (C=O) groups is 2. The number of H-pyrrole nitrogens is 1. The second-order valence-electron chi connectivity index (χ2n) is 8.62. The summed E-state index contributed by atoms with van der Waals surface area (Å²) in [7, 11) is 1.40. The number of halogens is 2. The molecule has 3 amide bonds. The van der Waals surface area contributed by atoms with Crippen LogP contribution in [-0.4, -0.2) is 56.9 Å². The lowest BCUT2D eigenvalue weighted by Gasteiger charge is -2.42. The van der Waals surface area contributed by atoms with Crippen molar-refractivity contribution >= 4 is 34.4 Å². The maximum atomic E-state index is 15.4. The van der Waals surface area contributed by atoms with E-state index in [0.717, 1.165) is 0 Å². The summed E-state index contributed by atoms with van der Waals surface area (Å²) in [5.41, 5.74) is 1.17. The molecule has 5 rings (SSSR count). The molecule has 2 N–H and O–H groups in total. The quantitative estimate of drug-likeness (QED) is 0.428. The second-order valence-corrected chi connectivity index (χ2v) is 9.00. The van der Waals surface area contributed by atoms with Crippen molar-refractivity contribution in [2.24, 2.45) is 0 Å². The molecule has 0 radical (unpaired) electrons.